The van der Waals surface area contributed by atoms with Crippen molar-refractivity contribution >= 4 is 40.0 Å². The molecule has 0 spiro atoms. The number of carbonyl (C=O) groups is 2. The first-order valence-corrected chi connectivity index (χ1v) is 8.39. The molecule has 0 aliphatic rings. The van der Waals surface area contributed by atoms with Gasteiger partial charge in [-0.05, 0) is 48.0 Å². The third kappa shape index (κ3) is 4.34. The average molecular weight is 372 g/mol. The second kappa shape index (κ2) is 7.93. The van der Waals surface area contributed by atoms with Crippen molar-refractivity contribution in [3.8, 4) is 5.75 Å². The standard InChI is InChI=1S/C19H18ClN3O3/c1-26-15-6-7-17-16(9-15)12(10-21-17)8-18(24)22-11-19(25)23-14-4-2-13(20)3-5-14/h2-7,9-10,21H,8,11H2,1H3,(H,22,24)(H,23,25). The molecule has 0 radical (unpaired) electrons. The number of amides is 2. The summed E-state index contributed by atoms with van der Waals surface area (Å²) in [6, 6.07) is 12.4. The van der Waals surface area contributed by atoms with E-state index in [0.717, 1.165) is 22.2 Å². The second-order valence-corrected chi connectivity index (χ2v) is 6.17. The molecule has 0 saturated carbocycles. The number of carbonyl (C=O) groups excluding carboxylic acids is 2. The molecule has 1 aromatic heterocycles. The highest BCUT2D eigenvalue weighted by atomic mass is 35.5. The number of ether oxygens (including phenoxy) is 1. The molecule has 26 heavy (non-hydrogen) atoms. The lowest BCUT2D eigenvalue weighted by Gasteiger charge is -2.07. The van der Waals surface area contributed by atoms with Crippen LogP contribution in [0.5, 0.6) is 5.75 Å². The van der Waals surface area contributed by atoms with E-state index in [1.807, 2.05) is 18.2 Å². The Morgan fingerprint density at radius 2 is 1.88 bits per heavy atom. The van der Waals surface area contributed by atoms with Gasteiger partial charge in [0.25, 0.3) is 0 Å². The van der Waals surface area contributed by atoms with Gasteiger partial charge in [0.15, 0.2) is 0 Å². The average Bonchev–Trinajstić information content (AvgIpc) is 3.04. The Labute approximate surface area is 155 Å². The van der Waals surface area contributed by atoms with Crippen molar-refractivity contribution in [2.75, 3.05) is 19.0 Å². The van der Waals surface area contributed by atoms with E-state index >= 15 is 0 Å². The van der Waals surface area contributed by atoms with Crippen LogP contribution in [0.4, 0.5) is 5.69 Å². The Bertz CT molecular complexity index is 935. The zero-order valence-electron chi connectivity index (χ0n) is 14.1. The van der Waals surface area contributed by atoms with Crippen LogP contribution in [0, 0.1) is 0 Å². The predicted octanol–water partition coefficient (Wildman–Crippen LogP) is 3.13. The fourth-order valence-corrected chi connectivity index (χ4v) is 2.71. The van der Waals surface area contributed by atoms with Gasteiger partial charge < -0.3 is 20.4 Å². The number of aromatic nitrogens is 1. The summed E-state index contributed by atoms with van der Waals surface area (Å²) in [5, 5.41) is 6.83. The Morgan fingerprint density at radius 1 is 1.12 bits per heavy atom. The number of fused-ring (bicyclic) bond motifs is 1. The zero-order valence-corrected chi connectivity index (χ0v) is 14.9. The van der Waals surface area contributed by atoms with Crippen LogP contribution in [-0.4, -0.2) is 30.5 Å². The molecule has 3 rings (SSSR count). The molecular formula is C19H18ClN3O3. The van der Waals surface area contributed by atoms with Crippen LogP contribution in [0.15, 0.2) is 48.7 Å². The summed E-state index contributed by atoms with van der Waals surface area (Å²) in [5.41, 5.74) is 2.39. The van der Waals surface area contributed by atoms with Crippen molar-refractivity contribution in [1.82, 2.24) is 10.3 Å². The van der Waals surface area contributed by atoms with Crippen LogP contribution < -0.4 is 15.4 Å². The monoisotopic (exact) mass is 371 g/mol. The van der Waals surface area contributed by atoms with Gasteiger partial charge in [-0.15, -0.1) is 0 Å². The van der Waals surface area contributed by atoms with Crippen LogP contribution in [-0.2, 0) is 16.0 Å². The highest BCUT2D eigenvalue weighted by molar-refractivity contribution is 6.30. The molecule has 0 aliphatic heterocycles. The molecule has 7 heteroatoms. The third-order valence-electron chi connectivity index (χ3n) is 3.90. The van der Waals surface area contributed by atoms with E-state index in [9.17, 15) is 9.59 Å². The highest BCUT2D eigenvalue weighted by Crippen LogP contribution is 2.23. The first-order valence-electron chi connectivity index (χ1n) is 8.01. The van der Waals surface area contributed by atoms with Gasteiger partial charge in [-0.3, -0.25) is 9.59 Å². The largest absolute Gasteiger partial charge is 0.497 e. The molecule has 1 heterocycles. The van der Waals surface area contributed by atoms with Crippen molar-refractivity contribution in [3.63, 3.8) is 0 Å². The van der Waals surface area contributed by atoms with E-state index < -0.39 is 0 Å². The number of methoxy groups -OCH3 is 1. The molecule has 3 aromatic rings. The minimum absolute atomic E-state index is 0.104. The number of aromatic amines is 1. The lowest BCUT2D eigenvalue weighted by molar-refractivity contribution is -0.123. The maximum Gasteiger partial charge on any atom is 0.243 e. The fraction of sp³-hybridized carbons (Fsp3) is 0.158. The number of rotatable bonds is 6. The Hall–Kier alpha value is -2.99. The second-order valence-electron chi connectivity index (χ2n) is 5.73. The molecule has 0 atom stereocenters. The maximum atomic E-state index is 12.2. The summed E-state index contributed by atoms with van der Waals surface area (Å²) in [4.78, 5) is 27.2. The molecule has 134 valence electrons. The lowest BCUT2D eigenvalue weighted by atomic mass is 10.1. The summed E-state index contributed by atoms with van der Waals surface area (Å²) in [7, 11) is 1.60. The normalized spacial score (nSPS) is 10.5. The number of anilines is 1. The highest BCUT2D eigenvalue weighted by Gasteiger charge is 2.11. The van der Waals surface area contributed by atoms with E-state index in [2.05, 4.69) is 15.6 Å². The number of halogens is 1. The molecule has 0 fully saturated rings. The fourth-order valence-electron chi connectivity index (χ4n) is 2.58. The molecule has 6 nitrogen and oxygen atoms in total. The minimum Gasteiger partial charge on any atom is -0.497 e. The number of H-pyrrole nitrogens is 1. The van der Waals surface area contributed by atoms with Crippen LogP contribution in [0.1, 0.15) is 5.56 Å². The maximum absolute atomic E-state index is 12.2. The SMILES string of the molecule is COc1ccc2[nH]cc(CC(=O)NCC(=O)Nc3ccc(Cl)cc3)c2c1. The smallest absolute Gasteiger partial charge is 0.243 e. The summed E-state index contributed by atoms with van der Waals surface area (Å²) in [5.74, 6) is 0.183. The van der Waals surface area contributed by atoms with Gasteiger partial charge in [-0.25, -0.2) is 0 Å². The molecule has 3 N–H and O–H groups in total. The van der Waals surface area contributed by atoms with Gasteiger partial charge in [-0.2, -0.15) is 0 Å². The zero-order chi connectivity index (χ0) is 18.5. The topological polar surface area (TPSA) is 83.2 Å². The summed E-state index contributed by atoms with van der Waals surface area (Å²) >= 11 is 5.80. The van der Waals surface area contributed by atoms with Crippen molar-refractivity contribution < 1.29 is 14.3 Å². The Kier molecular flexibility index (Phi) is 5.43. The van der Waals surface area contributed by atoms with Crippen LogP contribution in [0.3, 0.4) is 0 Å². The van der Waals surface area contributed by atoms with Gasteiger partial charge in [0.1, 0.15) is 5.75 Å². The Balaban J connectivity index is 1.55. The van der Waals surface area contributed by atoms with Gasteiger partial charge in [0.05, 0.1) is 20.1 Å². The number of hydrogen-bond acceptors (Lipinski definition) is 3. The van der Waals surface area contributed by atoms with Crippen molar-refractivity contribution in [2.45, 2.75) is 6.42 Å². The molecule has 2 amide bonds. The summed E-state index contributed by atoms with van der Waals surface area (Å²) in [6.45, 7) is -0.104. The van der Waals surface area contributed by atoms with Gasteiger partial charge in [-0.1, -0.05) is 11.6 Å². The molecule has 0 unspecified atom stereocenters. The summed E-state index contributed by atoms with van der Waals surface area (Å²) < 4.78 is 5.22. The first kappa shape index (κ1) is 17.8. The van der Waals surface area contributed by atoms with Crippen LogP contribution in [0.2, 0.25) is 5.02 Å². The van der Waals surface area contributed by atoms with E-state index in [1.54, 1.807) is 37.6 Å². The minimum atomic E-state index is -0.304. The van der Waals surface area contributed by atoms with E-state index in [0.29, 0.717) is 10.7 Å². The number of nitrogens with one attached hydrogen (secondary N) is 3. The van der Waals surface area contributed by atoms with Gasteiger partial charge in [0.2, 0.25) is 11.8 Å². The molecule has 0 bridgehead atoms. The molecule has 2 aromatic carbocycles. The van der Waals surface area contributed by atoms with Crippen molar-refractivity contribution in [2.24, 2.45) is 0 Å². The van der Waals surface area contributed by atoms with E-state index in [4.69, 9.17) is 16.3 Å². The summed E-state index contributed by atoms with van der Waals surface area (Å²) in [6.07, 6.45) is 1.96. The predicted molar refractivity (Wildman–Crippen MR) is 102 cm³/mol. The van der Waals surface area contributed by atoms with Crippen LogP contribution >= 0.6 is 11.6 Å². The number of benzene rings is 2. The van der Waals surface area contributed by atoms with Crippen LogP contribution in [0.25, 0.3) is 10.9 Å². The third-order valence-corrected chi connectivity index (χ3v) is 4.15. The van der Waals surface area contributed by atoms with Crippen molar-refractivity contribution in [1.29, 1.82) is 0 Å². The van der Waals surface area contributed by atoms with Gasteiger partial charge >= 0.3 is 0 Å². The quantitative estimate of drug-likeness (QED) is 0.622. The Morgan fingerprint density at radius 3 is 2.62 bits per heavy atom. The first-order chi connectivity index (χ1) is 12.5. The van der Waals surface area contributed by atoms with Crippen molar-refractivity contribution in [3.05, 3.63) is 59.2 Å². The lowest BCUT2D eigenvalue weighted by Crippen LogP contribution is -2.33. The number of hydrogen-bond donors (Lipinski definition) is 3. The van der Waals surface area contributed by atoms with E-state index in [1.165, 1.54) is 0 Å². The molecule has 0 aliphatic carbocycles. The van der Waals surface area contributed by atoms with E-state index in [-0.39, 0.29) is 24.8 Å². The molecule has 0 saturated heterocycles. The molecular weight excluding hydrogens is 354 g/mol. The van der Waals surface area contributed by atoms with Gasteiger partial charge in [0, 0.05) is 27.8 Å².